The van der Waals surface area contributed by atoms with Crippen molar-refractivity contribution in [1.82, 2.24) is 5.32 Å². The fourth-order valence-corrected chi connectivity index (χ4v) is 5.10. The monoisotopic (exact) mass is 466 g/mol. The van der Waals surface area contributed by atoms with Crippen LogP contribution >= 0.6 is 23.4 Å². The van der Waals surface area contributed by atoms with E-state index in [1.807, 2.05) is 0 Å². The predicted octanol–water partition coefficient (Wildman–Crippen LogP) is 1.16. The van der Waals surface area contributed by atoms with E-state index in [9.17, 15) is 30.5 Å². The standard InChI is InChI=1S/C21H23ClN2O6S/c1-9-15(10(2)26)16(11-3-5-12(22)6-4-11)13(7-23)20(24-9)31-21-19(29)18(28)17(27)14(8-25)30-21/h3-6,14,16-19,21,24-25,27-29H,8H2,1-2H3/t14-,16?,17+,18+,19-,21+/m1/s1. The van der Waals surface area contributed by atoms with Crippen molar-refractivity contribution in [1.29, 1.82) is 5.26 Å². The number of halogens is 1. The Morgan fingerprint density at radius 2 is 1.87 bits per heavy atom. The van der Waals surface area contributed by atoms with Crippen molar-refractivity contribution in [3.63, 3.8) is 0 Å². The number of hydrogen-bond donors (Lipinski definition) is 5. The maximum atomic E-state index is 12.4. The first-order valence-electron chi connectivity index (χ1n) is 9.55. The fraction of sp³-hybridized carbons (Fsp3) is 0.429. The van der Waals surface area contributed by atoms with E-state index in [0.717, 1.165) is 11.8 Å². The van der Waals surface area contributed by atoms with E-state index in [1.165, 1.54) is 6.92 Å². The smallest absolute Gasteiger partial charge is 0.158 e. The predicted molar refractivity (Wildman–Crippen MR) is 115 cm³/mol. The number of rotatable bonds is 5. The molecule has 1 unspecified atom stereocenters. The van der Waals surface area contributed by atoms with Crippen molar-refractivity contribution in [2.45, 2.75) is 49.6 Å². The second-order valence-electron chi connectivity index (χ2n) is 7.37. The second kappa shape index (κ2) is 9.71. The molecule has 2 heterocycles. The van der Waals surface area contributed by atoms with E-state index in [0.29, 0.717) is 26.9 Å². The molecule has 1 saturated heterocycles. The average molecular weight is 467 g/mol. The second-order valence-corrected chi connectivity index (χ2v) is 8.92. The zero-order chi connectivity index (χ0) is 22.9. The van der Waals surface area contributed by atoms with Gasteiger partial charge in [0.25, 0.3) is 0 Å². The Morgan fingerprint density at radius 1 is 1.23 bits per heavy atom. The largest absolute Gasteiger partial charge is 0.394 e. The first-order valence-corrected chi connectivity index (χ1v) is 10.8. The Morgan fingerprint density at radius 3 is 2.42 bits per heavy atom. The van der Waals surface area contributed by atoms with Gasteiger partial charge in [0.05, 0.1) is 29.2 Å². The molecule has 166 valence electrons. The van der Waals surface area contributed by atoms with E-state index in [4.69, 9.17) is 16.3 Å². The van der Waals surface area contributed by atoms with Crippen LogP contribution in [0.25, 0.3) is 0 Å². The first kappa shape index (κ1) is 23.8. The molecule has 31 heavy (non-hydrogen) atoms. The minimum absolute atomic E-state index is 0.199. The molecular weight excluding hydrogens is 444 g/mol. The Balaban J connectivity index is 2.02. The number of nitrogens with one attached hydrogen (secondary N) is 1. The van der Waals surface area contributed by atoms with E-state index < -0.39 is 42.4 Å². The summed E-state index contributed by atoms with van der Waals surface area (Å²) in [5.74, 6) is -0.858. The number of thioether (sulfide) groups is 1. The molecule has 2 aliphatic rings. The number of nitrogens with zero attached hydrogens (tertiary/aromatic N) is 1. The lowest BCUT2D eigenvalue weighted by Gasteiger charge is -2.40. The Labute approximate surface area is 188 Å². The Kier molecular flexibility index (Phi) is 7.44. The summed E-state index contributed by atoms with van der Waals surface area (Å²) in [6.07, 6.45) is -5.55. The van der Waals surface area contributed by atoms with Gasteiger partial charge in [-0.3, -0.25) is 4.79 Å². The fourth-order valence-electron chi connectivity index (χ4n) is 3.74. The molecule has 0 radical (unpaired) electrons. The van der Waals surface area contributed by atoms with Gasteiger partial charge >= 0.3 is 0 Å². The highest BCUT2D eigenvalue weighted by Crippen LogP contribution is 2.43. The number of carbonyl (C=O) groups excluding carboxylic acids is 1. The SMILES string of the molecule is CC(=O)C1=C(C)NC(S[C@@H]2O[C@H](CO)[C@H](O)[C@H](O)[C@H]2O)=C(C#N)C1c1ccc(Cl)cc1. The maximum absolute atomic E-state index is 12.4. The average Bonchev–Trinajstić information content (AvgIpc) is 2.74. The Hall–Kier alpha value is -1.90. The summed E-state index contributed by atoms with van der Waals surface area (Å²) in [5, 5.41) is 53.7. The van der Waals surface area contributed by atoms with Crippen LogP contribution in [0.4, 0.5) is 0 Å². The number of aliphatic hydroxyl groups excluding tert-OH is 4. The Bertz CT molecular complexity index is 956. The molecule has 0 aliphatic carbocycles. The quantitative estimate of drug-likeness (QED) is 0.431. The highest BCUT2D eigenvalue weighted by molar-refractivity contribution is 8.03. The van der Waals surface area contributed by atoms with Gasteiger partial charge in [0.15, 0.2) is 5.78 Å². The minimum atomic E-state index is -1.53. The number of ketones is 1. The number of hydrogen-bond acceptors (Lipinski definition) is 9. The molecule has 0 spiro atoms. The minimum Gasteiger partial charge on any atom is -0.394 e. The van der Waals surface area contributed by atoms with Crippen molar-refractivity contribution in [2.75, 3.05) is 6.61 Å². The van der Waals surface area contributed by atoms with Gasteiger partial charge in [-0.05, 0) is 31.5 Å². The maximum Gasteiger partial charge on any atom is 0.158 e. The number of ether oxygens (including phenoxy) is 1. The lowest BCUT2D eigenvalue weighted by atomic mass is 9.81. The molecule has 0 amide bonds. The van der Waals surface area contributed by atoms with Crippen LogP contribution < -0.4 is 5.32 Å². The summed E-state index contributed by atoms with van der Waals surface area (Å²) < 4.78 is 5.56. The van der Waals surface area contributed by atoms with Crippen LogP contribution in [0.3, 0.4) is 0 Å². The zero-order valence-electron chi connectivity index (χ0n) is 16.8. The van der Waals surface area contributed by atoms with Gasteiger partial charge in [-0.15, -0.1) is 0 Å². The number of nitriles is 1. The van der Waals surface area contributed by atoms with Crippen LogP contribution in [0.2, 0.25) is 5.02 Å². The van der Waals surface area contributed by atoms with E-state index in [2.05, 4.69) is 11.4 Å². The molecule has 1 aromatic rings. The number of carbonyl (C=O) groups is 1. The number of benzene rings is 1. The molecule has 1 aromatic carbocycles. The molecule has 6 atom stereocenters. The molecule has 0 aromatic heterocycles. The van der Waals surface area contributed by atoms with Crippen LogP contribution in [0.1, 0.15) is 25.3 Å². The molecule has 1 fully saturated rings. The normalized spacial score (nSPS) is 31.3. The van der Waals surface area contributed by atoms with Gasteiger partial charge in [-0.2, -0.15) is 5.26 Å². The van der Waals surface area contributed by atoms with Crippen molar-refractivity contribution in [3.8, 4) is 6.07 Å². The highest BCUT2D eigenvalue weighted by atomic mass is 35.5. The molecule has 5 N–H and O–H groups in total. The molecule has 3 rings (SSSR count). The summed E-state index contributed by atoms with van der Waals surface area (Å²) in [4.78, 5) is 12.4. The van der Waals surface area contributed by atoms with Crippen LogP contribution in [0.5, 0.6) is 0 Å². The number of allylic oxidation sites excluding steroid dienone is 3. The molecule has 0 bridgehead atoms. The number of aliphatic hydroxyl groups is 4. The van der Waals surface area contributed by atoms with Crippen molar-refractivity contribution in [3.05, 3.63) is 56.7 Å². The van der Waals surface area contributed by atoms with Gasteiger partial charge in [-0.1, -0.05) is 35.5 Å². The summed E-state index contributed by atoms with van der Waals surface area (Å²) in [7, 11) is 0. The van der Waals surface area contributed by atoms with E-state index in [-0.39, 0.29) is 11.4 Å². The molecule has 0 saturated carbocycles. The summed E-state index contributed by atoms with van der Waals surface area (Å²) in [6, 6.07) is 8.97. The molecule has 8 nitrogen and oxygen atoms in total. The van der Waals surface area contributed by atoms with Gasteiger partial charge < -0.3 is 30.5 Å². The van der Waals surface area contributed by atoms with Crippen LogP contribution in [0, 0.1) is 11.3 Å². The van der Waals surface area contributed by atoms with Crippen LogP contribution in [-0.2, 0) is 9.53 Å². The summed E-state index contributed by atoms with van der Waals surface area (Å²) >= 11 is 6.94. The van der Waals surface area contributed by atoms with Gasteiger partial charge in [0.1, 0.15) is 29.9 Å². The molecule has 10 heteroatoms. The van der Waals surface area contributed by atoms with Crippen molar-refractivity contribution in [2.24, 2.45) is 0 Å². The zero-order valence-corrected chi connectivity index (χ0v) is 18.4. The summed E-state index contributed by atoms with van der Waals surface area (Å²) in [5.41, 5.74) is 0.827. The van der Waals surface area contributed by atoms with Crippen LogP contribution in [0.15, 0.2) is 46.1 Å². The van der Waals surface area contributed by atoms with Gasteiger partial charge in [0, 0.05) is 16.3 Å². The summed E-state index contributed by atoms with van der Waals surface area (Å²) in [6.45, 7) is 2.58. The van der Waals surface area contributed by atoms with Crippen molar-refractivity contribution >= 4 is 29.1 Å². The third kappa shape index (κ3) is 4.66. The van der Waals surface area contributed by atoms with Gasteiger partial charge in [0.2, 0.25) is 0 Å². The highest BCUT2D eigenvalue weighted by Gasteiger charge is 2.45. The molecular formula is C21H23ClN2O6S. The third-order valence-corrected chi connectivity index (χ3v) is 6.74. The van der Waals surface area contributed by atoms with Crippen molar-refractivity contribution < 1.29 is 30.0 Å². The van der Waals surface area contributed by atoms with Crippen LogP contribution in [-0.4, -0.2) is 62.7 Å². The topological polar surface area (TPSA) is 143 Å². The number of Topliss-reactive ketones (excluding diaryl/α,β-unsaturated/α-hetero) is 1. The number of dihydropyridines is 1. The third-order valence-electron chi connectivity index (χ3n) is 5.31. The van der Waals surface area contributed by atoms with Gasteiger partial charge in [-0.25, -0.2) is 0 Å². The van der Waals surface area contributed by atoms with E-state index >= 15 is 0 Å². The lowest BCUT2D eigenvalue weighted by molar-refractivity contribution is -0.205. The van der Waals surface area contributed by atoms with E-state index in [1.54, 1.807) is 31.2 Å². The lowest BCUT2D eigenvalue weighted by Crippen LogP contribution is -2.57. The molecule has 2 aliphatic heterocycles. The first-order chi connectivity index (χ1) is 14.7.